The van der Waals surface area contributed by atoms with Crippen LogP contribution in [0.4, 0.5) is 10.2 Å². The summed E-state index contributed by atoms with van der Waals surface area (Å²) in [5.74, 6) is -0.0311. The maximum Gasteiger partial charge on any atom is 0.222 e. The first kappa shape index (κ1) is 18.1. The number of anilines is 1. The number of nitrogens with two attached hydrogens (primary N) is 1. The van der Waals surface area contributed by atoms with Crippen LogP contribution in [0.25, 0.3) is 0 Å². The fourth-order valence-electron chi connectivity index (χ4n) is 2.42. The van der Waals surface area contributed by atoms with Gasteiger partial charge in [-0.1, -0.05) is 30.7 Å². The van der Waals surface area contributed by atoms with Crippen LogP contribution in [0, 0.1) is 18.7 Å². The number of aromatic nitrogens is 2. The van der Waals surface area contributed by atoms with Gasteiger partial charge in [0.1, 0.15) is 22.6 Å². The zero-order chi connectivity index (χ0) is 17.7. The molecule has 0 aliphatic heterocycles. The van der Waals surface area contributed by atoms with Crippen LogP contribution < -0.4 is 11.1 Å². The van der Waals surface area contributed by atoms with Gasteiger partial charge in [0.2, 0.25) is 5.91 Å². The molecule has 1 aromatic heterocycles. The predicted molar refractivity (Wildman–Crippen MR) is 92.4 cm³/mol. The third-order valence-corrected chi connectivity index (χ3v) is 4.05. The molecule has 3 N–H and O–H groups in total. The van der Waals surface area contributed by atoms with Gasteiger partial charge < -0.3 is 11.1 Å². The molecule has 5 nitrogen and oxygen atoms in total. The maximum absolute atomic E-state index is 13.0. The van der Waals surface area contributed by atoms with E-state index < -0.39 is 11.8 Å². The Balaban J connectivity index is 2.12. The summed E-state index contributed by atoms with van der Waals surface area (Å²) in [7, 11) is 0. The maximum atomic E-state index is 13.0. The fraction of sp³-hybridized carbons (Fsp3) is 0.353. The summed E-state index contributed by atoms with van der Waals surface area (Å²) in [5.41, 5.74) is 7.14. The van der Waals surface area contributed by atoms with Gasteiger partial charge in [0, 0.05) is 12.1 Å². The Hall–Kier alpha value is -2.21. The van der Waals surface area contributed by atoms with E-state index in [0.717, 1.165) is 11.1 Å². The van der Waals surface area contributed by atoms with E-state index in [2.05, 4.69) is 15.3 Å². The van der Waals surface area contributed by atoms with Crippen LogP contribution in [0.5, 0.6) is 0 Å². The van der Waals surface area contributed by atoms with E-state index in [0.29, 0.717) is 36.2 Å². The number of aryl methyl sites for hydroxylation is 1. The van der Waals surface area contributed by atoms with Crippen molar-refractivity contribution in [1.29, 1.82) is 0 Å². The van der Waals surface area contributed by atoms with Crippen molar-refractivity contribution >= 4 is 23.3 Å². The number of nitrogens with zero attached hydrogens (tertiary/aromatic N) is 2. The van der Waals surface area contributed by atoms with Gasteiger partial charge in [-0.3, -0.25) is 4.79 Å². The molecule has 0 saturated heterocycles. The summed E-state index contributed by atoms with van der Waals surface area (Å²) in [5, 5.41) is 3.55. The molecule has 2 rings (SSSR count). The molecule has 1 aromatic carbocycles. The average molecular weight is 351 g/mol. The number of nitrogens with one attached hydrogen (secondary N) is 1. The first-order chi connectivity index (χ1) is 11.4. The molecule has 24 heavy (non-hydrogen) atoms. The lowest BCUT2D eigenvalue weighted by atomic mass is 9.98. The Kier molecular flexibility index (Phi) is 6.09. The van der Waals surface area contributed by atoms with Gasteiger partial charge in [0.15, 0.2) is 0 Å². The monoisotopic (exact) mass is 350 g/mol. The van der Waals surface area contributed by atoms with Gasteiger partial charge in [-0.15, -0.1) is 0 Å². The van der Waals surface area contributed by atoms with Gasteiger partial charge in [0.25, 0.3) is 0 Å². The van der Waals surface area contributed by atoms with Crippen molar-refractivity contribution in [3.05, 3.63) is 52.2 Å². The smallest absolute Gasteiger partial charge is 0.222 e. The van der Waals surface area contributed by atoms with E-state index in [4.69, 9.17) is 17.3 Å². The van der Waals surface area contributed by atoms with Crippen LogP contribution in [-0.4, -0.2) is 22.4 Å². The number of rotatable bonds is 7. The Labute approximate surface area is 145 Å². The lowest BCUT2D eigenvalue weighted by Gasteiger charge is -2.17. The molecular formula is C17H20ClFN4O. The average Bonchev–Trinajstić information content (AvgIpc) is 2.52. The second-order valence-corrected chi connectivity index (χ2v) is 5.91. The van der Waals surface area contributed by atoms with E-state index in [1.807, 2.05) is 6.92 Å². The van der Waals surface area contributed by atoms with Crippen molar-refractivity contribution in [3.63, 3.8) is 0 Å². The molecule has 0 spiro atoms. The largest absolute Gasteiger partial charge is 0.369 e. The summed E-state index contributed by atoms with van der Waals surface area (Å²) in [6.07, 6.45) is 1.09. The molecule has 0 saturated carbocycles. The zero-order valence-corrected chi connectivity index (χ0v) is 14.4. The minimum absolute atomic E-state index is 0.312. The molecule has 0 aliphatic carbocycles. The molecule has 2 aromatic rings. The van der Waals surface area contributed by atoms with Gasteiger partial charge in [-0.2, -0.15) is 0 Å². The summed E-state index contributed by atoms with van der Waals surface area (Å²) >= 11 is 6.14. The summed E-state index contributed by atoms with van der Waals surface area (Å²) < 4.78 is 13.0. The lowest BCUT2D eigenvalue weighted by Crippen LogP contribution is -2.31. The van der Waals surface area contributed by atoms with Crippen molar-refractivity contribution in [2.75, 3.05) is 11.9 Å². The van der Waals surface area contributed by atoms with E-state index in [1.54, 1.807) is 19.1 Å². The normalized spacial score (nSPS) is 12.0. The van der Waals surface area contributed by atoms with Crippen LogP contribution in [0.2, 0.25) is 5.15 Å². The van der Waals surface area contributed by atoms with Gasteiger partial charge >= 0.3 is 0 Å². The summed E-state index contributed by atoms with van der Waals surface area (Å²) in [4.78, 5) is 20.2. The minimum Gasteiger partial charge on any atom is -0.369 e. The highest BCUT2D eigenvalue weighted by atomic mass is 35.5. The van der Waals surface area contributed by atoms with Crippen molar-refractivity contribution in [1.82, 2.24) is 9.97 Å². The number of halogens is 2. The van der Waals surface area contributed by atoms with Gasteiger partial charge in [-0.25, -0.2) is 14.4 Å². The standard InChI is InChI=1S/C17H20ClFN4O/c1-3-14-15(18)22-10(2)23-17(14)21-9-12(16(20)24)8-11-4-6-13(19)7-5-11/h4-7,12H,3,8-9H2,1-2H3,(H2,20,24)(H,21,22,23). The van der Waals surface area contributed by atoms with Gasteiger partial charge in [0.05, 0.1) is 5.92 Å². The molecule has 0 bridgehead atoms. The quantitative estimate of drug-likeness (QED) is 0.752. The van der Waals surface area contributed by atoms with Crippen LogP contribution in [0.1, 0.15) is 23.9 Å². The van der Waals surface area contributed by atoms with Crippen LogP contribution in [-0.2, 0) is 17.6 Å². The zero-order valence-electron chi connectivity index (χ0n) is 13.6. The second-order valence-electron chi connectivity index (χ2n) is 5.55. The van der Waals surface area contributed by atoms with Crippen molar-refractivity contribution < 1.29 is 9.18 Å². The number of benzene rings is 1. The van der Waals surface area contributed by atoms with Crippen molar-refractivity contribution in [2.24, 2.45) is 11.7 Å². The molecule has 1 amide bonds. The number of carbonyl (C=O) groups excluding carboxylic acids is 1. The Morgan fingerprint density at radius 3 is 2.58 bits per heavy atom. The molecule has 1 atom stereocenters. The first-order valence-corrected chi connectivity index (χ1v) is 8.09. The predicted octanol–water partition coefficient (Wildman–Crippen LogP) is 2.90. The highest BCUT2D eigenvalue weighted by Gasteiger charge is 2.18. The van der Waals surface area contributed by atoms with Crippen LogP contribution in [0.15, 0.2) is 24.3 Å². The first-order valence-electron chi connectivity index (χ1n) is 7.71. The van der Waals surface area contributed by atoms with Crippen LogP contribution in [0.3, 0.4) is 0 Å². The molecule has 128 valence electrons. The van der Waals surface area contributed by atoms with Crippen molar-refractivity contribution in [3.8, 4) is 0 Å². The fourth-order valence-corrected chi connectivity index (χ4v) is 2.76. The number of primary amides is 1. The molecule has 7 heteroatoms. The second kappa shape index (κ2) is 8.06. The molecule has 1 unspecified atom stereocenters. The third kappa shape index (κ3) is 4.64. The minimum atomic E-state index is -0.450. The summed E-state index contributed by atoms with van der Waals surface area (Å²) in [6, 6.07) is 6.02. The topological polar surface area (TPSA) is 80.9 Å². The highest BCUT2D eigenvalue weighted by molar-refractivity contribution is 6.30. The molecule has 1 heterocycles. The highest BCUT2D eigenvalue weighted by Crippen LogP contribution is 2.22. The molecular weight excluding hydrogens is 331 g/mol. The number of hydrogen-bond donors (Lipinski definition) is 2. The number of amides is 1. The Bertz CT molecular complexity index is 721. The summed E-state index contributed by atoms with van der Waals surface area (Å²) in [6.45, 7) is 4.02. The Morgan fingerprint density at radius 2 is 2.00 bits per heavy atom. The van der Waals surface area contributed by atoms with E-state index in [9.17, 15) is 9.18 Å². The van der Waals surface area contributed by atoms with Gasteiger partial charge in [-0.05, 0) is 37.5 Å². The van der Waals surface area contributed by atoms with E-state index >= 15 is 0 Å². The van der Waals surface area contributed by atoms with Crippen molar-refractivity contribution in [2.45, 2.75) is 26.7 Å². The van der Waals surface area contributed by atoms with Crippen LogP contribution >= 0.6 is 11.6 Å². The molecule has 0 fully saturated rings. The number of hydrogen-bond acceptors (Lipinski definition) is 4. The lowest BCUT2D eigenvalue weighted by molar-refractivity contribution is -0.121. The SMILES string of the molecule is CCc1c(Cl)nc(C)nc1NCC(Cc1ccc(F)cc1)C(N)=O. The molecule has 0 aliphatic rings. The van der Waals surface area contributed by atoms with E-state index in [-0.39, 0.29) is 5.82 Å². The molecule has 0 radical (unpaired) electrons. The third-order valence-electron chi connectivity index (χ3n) is 3.74. The number of carbonyl (C=O) groups is 1. The van der Waals surface area contributed by atoms with E-state index in [1.165, 1.54) is 12.1 Å². The Morgan fingerprint density at radius 1 is 1.33 bits per heavy atom.